The molecule has 0 aromatic heterocycles. The van der Waals surface area contributed by atoms with Crippen LogP contribution in [0.3, 0.4) is 0 Å². The smallest absolute Gasteiger partial charge is 0.310 e. The zero-order chi connectivity index (χ0) is 19.2. The van der Waals surface area contributed by atoms with Crippen molar-refractivity contribution in [3.05, 3.63) is 53.6 Å². The molecule has 2 aromatic rings. The molecule has 0 radical (unpaired) electrons. The lowest BCUT2D eigenvalue weighted by atomic mass is 9.95. The van der Waals surface area contributed by atoms with E-state index in [4.69, 9.17) is 4.74 Å². The largest absolute Gasteiger partial charge is 0.507 e. The van der Waals surface area contributed by atoms with Crippen LogP contribution in [0, 0.1) is 24.7 Å². The Morgan fingerprint density at radius 2 is 1.85 bits per heavy atom. The first-order valence-corrected chi connectivity index (χ1v) is 9.69. The number of benzene rings is 2. The van der Waals surface area contributed by atoms with Gasteiger partial charge in [0, 0.05) is 23.3 Å². The number of aromatic hydroxyl groups is 1. The summed E-state index contributed by atoms with van der Waals surface area (Å²) >= 11 is 0. The molecule has 142 valence electrons. The van der Waals surface area contributed by atoms with Crippen LogP contribution < -0.4 is 0 Å². The van der Waals surface area contributed by atoms with Gasteiger partial charge in [0.25, 0.3) is 0 Å². The van der Waals surface area contributed by atoms with Crippen molar-refractivity contribution in [1.82, 2.24) is 0 Å². The fourth-order valence-electron chi connectivity index (χ4n) is 4.79. The van der Waals surface area contributed by atoms with Gasteiger partial charge in [-0.3, -0.25) is 4.79 Å². The van der Waals surface area contributed by atoms with Crippen LogP contribution in [-0.4, -0.2) is 49.4 Å². The number of carbonyl (C=O) groups excluding carboxylic acids is 1. The second-order valence-electron chi connectivity index (χ2n) is 8.83. The third-order valence-corrected chi connectivity index (χ3v) is 6.13. The van der Waals surface area contributed by atoms with E-state index in [1.807, 2.05) is 37.3 Å². The van der Waals surface area contributed by atoms with Crippen LogP contribution in [-0.2, 0) is 16.0 Å². The Kier molecular flexibility index (Phi) is 4.47. The molecule has 2 fully saturated rings. The predicted molar refractivity (Wildman–Crippen MR) is 105 cm³/mol. The number of hydrogen-bond donors (Lipinski definition) is 1. The summed E-state index contributed by atoms with van der Waals surface area (Å²) in [6.45, 7) is 4.94. The van der Waals surface area contributed by atoms with Crippen LogP contribution in [0.2, 0.25) is 0 Å². The van der Waals surface area contributed by atoms with Crippen LogP contribution in [0.5, 0.6) is 5.75 Å². The molecule has 1 heterocycles. The molecule has 4 heteroatoms. The number of quaternary nitrogens is 1. The summed E-state index contributed by atoms with van der Waals surface area (Å²) in [5.74, 6) is 1.96. The molecule has 2 aliphatic rings. The molecule has 0 amide bonds. The molecule has 2 atom stereocenters. The van der Waals surface area contributed by atoms with Gasteiger partial charge in [-0.25, -0.2) is 0 Å². The third-order valence-electron chi connectivity index (χ3n) is 6.13. The van der Waals surface area contributed by atoms with Gasteiger partial charge in [-0.2, -0.15) is 0 Å². The zero-order valence-electron chi connectivity index (χ0n) is 16.3. The average molecular weight is 366 g/mol. The standard InChI is InChI=1S/C23H27NO3/c1-15-6-4-7-16(10-15)23-17(8-5-9-21(23)25)11-22(26)27-14-20-18-12-24(2,3)13-19(18)20/h4-10,18-20H,11-14H2,1-3H3/p+1. The van der Waals surface area contributed by atoms with Gasteiger partial charge in [0.1, 0.15) is 5.75 Å². The molecule has 0 spiro atoms. The number of phenolic OH excluding ortho intramolecular Hbond substituents is 1. The van der Waals surface area contributed by atoms with Gasteiger partial charge < -0.3 is 14.3 Å². The molecule has 2 aromatic carbocycles. The quantitative estimate of drug-likeness (QED) is 0.652. The minimum atomic E-state index is -0.215. The highest BCUT2D eigenvalue weighted by Crippen LogP contribution is 2.53. The number of ether oxygens (including phenoxy) is 1. The summed E-state index contributed by atoms with van der Waals surface area (Å²) in [6.07, 6.45) is 0.182. The van der Waals surface area contributed by atoms with Gasteiger partial charge in [-0.05, 0) is 24.1 Å². The summed E-state index contributed by atoms with van der Waals surface area (Å²) in [6, 6.07) is 13.3. The molecule has 1 saturated carbocycles. The SMILES string of the molecule is Cc1cccc(-c2c(O)cccc2CC(=O)OCC2C3C[N+](C)(C)CC23)c1. The summed E-state index contributed by atoms with van der Waals surface area (Å²) in [4.78, 5) is 12.4. The van der Waals surface area contributed by atoms with E-state index in [1.165, 1.54) is 13.1 Å². The van der Waals surface area contributed by atoms with Crippen LogP contribution >= 0.6 is 0 Å². The summed E-state index contributed by atoms with van der Waals surface area (Å²) < 4.78 is 6.69. The maximum absolute atomic E-state index is 12.4. The number of phenols is 1. The average Bonchev–Trinajstić information content (AvgIpc) is 3.08. The van der Waals surface area contributed by atoms with Crippen molar-refractivity contribution in [3.63, 3.8) is 0 Å². The van der Waals surface area contributed by atoms with E-state index in [-0.39, 0.29) is 18.1 Å². The fraction of sp³-hybridized carbons (Fsp3) is 0.435. The zero-order valence-corrected chi connectivity index (χ0v) is 16.3. The lowest BCUT2D eigenvalue weighted by Gasteiger charge is -2.26. The highest BCUT2D eigenvalue weighted by atomic mass is 16.5. The monoisotopic (exact) mass is 366 g/mol. The number of likely N-dealkylation sites (tertiary alicyclic amines) is 1. The summed E-state index contributed by atoms with van der Waals surface area (Å²) in [5, 5.41) is 10.4. The minimum absolute atomic E-state index is 0.182. The molecule has 0 bridgehead atoms. The number of hydrogen-bond acceptors (Lipinski definition) is 3. The topological polar surface area (TPSA) is 46.5 Å². The van der Waals surface area contributed by atoms with Crippen LogP contribution in [0.15, 0.2) is 42.5 Å². The number of rotatable bonds is 5. The van der Waals surface area contributed by atoms with Gasteiger partial charge in [-0.1, -0.05) is 42.0 Å². The van der Waals surface area contributed by atoms with Crippen molar-refractivity contribution in [2.45, 2.75) is 13.3 Å². The molecule has 1 aliphatic carbocycles. The van der Waals surface area contributed by atoms with Crippen molar-refractivity contribution >= 4 is 5.97 Å². The molecule has 4 rings (SSSR count). The van der Waals surface area contributed by atoms with Gasteiger partial charge >= 0.3 is 5.97 Å². The van der Waals surface area contributed by atoms with E-state index in [0.29, 0.717) is 12.5 Å². The number of aryl methyl sites for hydroxylation is 1. The number of piperidine rings is 1. The van der Waals surface area contributed by atoms with E-state index in [0.717, 1.165) is 38.6 Å². The molecular formula is C23H28NO3+. The molecular weight excluding hydrogens is 338 g/mol. The van der Waals surface area contributed by atoms with Gasteiger partial charge in [0.2, 0.25) is 0 Å². The second-order valence-corrected chi connectivity index (χ2v) is 8.83. The Morgan fingerprint density at radius 1 is 1.15 bits per heavy atom. The van der Waals surface area contributed by atoms with Crippen molar-refractivity contribution in [2.24, 2.45) is 17.8 Å². The first kappa shape index (κ1) is 18.1. The van der Waals surface area contributed by atoms with Gasteiger partial charge in [-0.15, -0.1) is 0 Å². The highest BCUT2D eigenvalue weighted by Gasteiger charge is 2.61. The Morgan fingerprint density at radius 3 is 2.56 bits per heavy atom. The van der Waals surface area contributed by atoms with Crippen molar-refractivity contribution < 1.29 is 19.1 Å². The van der Waals surface area contributed by atoms with Crippen molar-refractivity contribution in [2.75, 3.05) is 33.8 Å². The van der Waals surface area contributed by atoms with E-state index < -0.39 is 0 Å². The van der Waals surface area contributed by atoms with E-state index in [1.54, 1.807) is 12.1 Å². The minimum Gasteiger partial charge on any atom is -0.507 e. The number of nitrogens with zero attached hydrogens (tertiary/aromatic N) is 1. The Balaban J connectivity index is 1.41. The number of carbonyl (C=O) groups is 1. The maximum atomic E-state index is 12.4. The summed E-state index contributed by atoms with van der Waals surface area (Å²) in [5.41, 5.74) is 3.57. The molecule has 2 unspecified atom stereocenters. The Hall–Kier alpha value is -2.33. The lowest BCUT2D eigenvalue weighted by molar-refractivity contribution is -0.883. The Bertz CT molecular complexity index is 860. The first-order chi connectivity index (χ1) is 12.8. The number of esters is 1. The lowest BCUT2D eigenvalue weighted by Crippen LogP contribution is -2.39. The normalized spacial score (nSPS) is 25.1. The second kappa shape index (κ2) is 6.68. The fourth-order valence-corrected chi connectivity index (χ4v) is 4.79. The van der Waals surface area contributed by atoms with Crippen LogP contribution in [0.4, 0.5) is 0 Å². The van der Waals surface area contributed by atoms with Gasteiger partial charge in [0.05, 0.1) is 40.2 Å². The number of fused-ring (bicyclic) bond motifs is 1. The summed E-state index contributed by atoms with van der Waals surface area (Å²) in [7, 11) is 4.54. The van der Waals surface area contributed by atoms with E-state index >= 15 is 0 Å². The maximum Gasteiger partial charge on any atom is 0.310 e. The molecule has 4 nitrogen and oxygen atoms in total. The molecule has 27 heavy (non-hydrogen) atoms. The third kappa shape index (κ3) is 3.72. The Labute approximate surface area is 161 Å². The molecule has 1 saturated heterocycles. The molecule has 1 N–H and O–H groups in total. The first-order valence-electron chi connectivity index (χ1n) is 9.69. The van der Waals surface area contributed by atoms with Crippen molar-refractivity contribution in [1.29, 1.82) is 0 Å². The molecule has 1 aliphatic heterocycles. The van der Waals surface area contributed by atoms with Gasteiger partial charge in [0.15, 0.2) is 0 Å². The highest BCUT2D eigenvalue weighted by molar-refractivity contribution is 5.81. The van der Waals surface area contributed by atoms with Crippen LogP contribution in [0.1, 0.15) is 11.1 Å². The van der Waals surface area contributed by atoms with Crippen molar-refractivity contribution in [3.8, 4) is 16.9 Å². The van der Waals surface area contributed by atoms with E-state index in [9.17, 15) is 9.90 Å². The predicted octanol–water partition coefficient (Wildman–Crippen LogP) is 3.41. The van der Waals surface area contributed by atoms with E-state index in [2.05, 4.69) is 14.1 Å². The van der Waals surface area contributed by atoms with Crippen LogP contribution in [0.25, 0.3) is 11.1 Å².